The molecule has 1 rings (SSSR count). The van der Waals surface area contributed by atoms with Gasteiger partial charge in [-0.1, -0.05) is 6.92 Å². The molecule has 4 heteroatoms. The molecule has 0 aliphatic heterocycles. The molecule has 1 heterocycles. The van der Waals surface area contributed by atoms with E-state index in [1.165, 1.54) is 0 Å². The van der Waals surface area contributed by atoms with Gasteiger partial charge >= 0.3 is 0 Å². The monoisotopic (exact) mass is 195 g/mol. The second-order valence-corrected chi connectivity index (χ2v) is 3.30. The summed E-state index contributed by atoms with van der Waals surface area (Å²) in [5.41, 5.74) is 6.87. The molecule has 0 radical (unpaired) electrons. The predicted octanol–water partition coefficient (Wildman–Crippen LogP) is 1.21. The number of nitrogens with zero attached hydrogens (tertiary/aromatic N) is 2. The molecule has 0 aromatic carbocycles. The summed E-state index contributed by atoms with van der Waals surface area (Å²) in [7, 11) is 0. The molecular formula is C10H17N3O. The number of rotatable bonds is 5. The maximum Gasteiger partial charge on any atom is 0.147 e. The zero-order chi connectivity index (χ0) is 10.4. The molecule has 2 N–H and O–H groups in total. The number of ether oxygens (including phenoxy) is 1. The average molecular weight is 195 g/mol. The summed E-state index contributed by atoms with van der Waals surface area (Å²) < 4.78 is 5.32. The predicted molar refractivity (Wildman–Crippen MR) is 54.8 cm³/mol. The van der Waals surface area contributed by atoms with Gasteiger partial charge in [-0.2, -0.15) is 0 Å². The molecular weight excluding hydrogens is 178 g/mol. The lowest BCUT2D eigenvalue weighted by atomic mass is 10.3. The lowest BCUT2D eigenvalue weighted by molar-refractivity contribution is 0.119. The summed E-state index contributed by atoms with van der Waals surface area (Å²) in [6, 6.07) is -0.220. The van der Waals surface area contributed by atoms with Gasteiger partial charge in [0.25, 0.3) is 0 Å². The van der Waals surface area contributed by atoms with Crippen molar-refractivity contribution in [3.8, 4) is 0 Å². The Balaban J connectivity index is 2.43. The van der Waals surface area contributed by atoms with E-state index in [9.17, 15) is 0 Å². The summed E-state index contributed by atoms with van der Waals surface area (Å²) in [6.07, 6.45) is 4.53. The molecule has 1 atom stereocenters. The Morgan fingerprint density at radius 2 is 2.07 bits per heavy atom. The molecule has 0 aliphatic carbocycles. The Kier molecular flexibility index (Phi) is 4.49. The van der Waals surface area contributed by atoms with Crippen LogP contribution >= 0.6 is 0 Å². The summed E-state index contributed by atoms with van der Waals surface area (Å²) in [4.78, 5) is 8.28. The quantitative estimate of drug-likeness (QED) is 0.717. The fourth-order valence-corrected chi connectivity index (χ4v) is 1.02. The Hall–Kier alpha value is -1.00. The third kappa shape index (κ3) is 3.40. The van der Waals surface area contributed by atoms with Gasteiger partial charge in [-0.15, -0.1) is 0 Å². The number of aryl methyl sites for hydroxylation is 1. The van der Waals surface area contributed by atoms with Gasteiger partial charge in [0.05, 0.1) is 12.6 Å². The normalized spacial score (nSPS) is 12.8. The fraction of sp³-hybridized carbons (Fsp3) is 0.600. The fourth-order valence-electron chi connectivity index (χ4n) is 1.02. The molecule has 0 amide bonds. The van der Waals surface area contributed by atoms with Crippen molar-refractivity contribution < 1.29 is 4.74 Å². The minimum atomic E-state index is -0.220. The molecule has 1 aromatic heterocycles. The van der Waals surface area contributed by atoms with Crippen LogP contribution in [0.1, 0.15) is 30.8 Å². The van der Waals surface area contributed by atoms with Crippen LogP contribution in [0.15, 0.2) is 12.4 Å². The highest BCUT2D eigenvalue weighted by Crippen LogP contribution is 2.04. The first-order valence-electron chi connectivity index (χ1n) is 4.86. The van der Waals surface area contributed by atoms with Crippen LogP contribution in [0.25, 0.3) is 0 Å². The minimum absolute atomic E-state index is 0.220. The van der Waals surface area contributed by atoms with Gasteiger partial charge in [-0.3, -0.25) is 0 Å². The molecule has 4 nitrogen and oxygen atoms in total. The molecule has 0 fully saturated rings. The number of hydrogen-bond acceptors (Lipinski definition) is 4. The van der Waals surface area contributed by atoms with E-state index in [2.05, 4.69) is 16.9 Å². The zero-order valence-electron chi connectivity index (χ0n) is 8.73. The zero-order valence-corrected chi connectivity index (χ0v) is 8.73. The molecule has 14 heavy (non-hydrogen) atoms. The Morgan fingerprint density at radius 3 is 2.64 bits per heavy atom. The third-order valence-corrected chi connectivity index (χ3v) is 1.78. The molecule has 0 spiro atoms. The van der Waals surface area contributed by atoms with E-state index in [0.717, 1.165) is 18.6 Å². The maximum atomic E-state index is 5.84. The summed E-state index contributed by atoms with van der Waals surface area (Å²) in [5.74, 6) is 0.645. The van der Waals surface area contributed by atoms with Crippen molar-refractivity contribution in [1.82, 2.24) is 9.97 Å². The molecule has 0 aliphatic rings. The van der Waals surface area contributed by atoms with Crippen LogP contribution in [0.3, 0.4) is 0 Å². The van der Waals surface area contributed by atoms with Crippen LogP contribution in [0.2, 0.25) is 0 Å². The van der Waals surface area contributed by atoms with Crippen molar-refractivity contribution in [2.45, 2.75) is 26.3 Å². The molecule has 0 saturated heterocycles. The van der Waals surface area contributed by atoms with Gasteiger partial charge in [0.2, 0.25) is 0 Å². The van der Waals surface area contributed by atoms with Gasteiger partial charge in [0, 0.05) is 19.0 Å². The SMILES string of the molecule is CCCOCC(N)c1ncc(C)cn1. The summed E-state index contributed by atoms with van der Waals surface area (Å²) in [5, 5.41) is 0. The molecule has 78 valence electrons. The smallest absolute Gasteiger partial charge is 0.147 e. The van der Waals surface area contributed by atoms with Crippen molar-refractivity contribution >= 4 is 0 Å². The van der Waals surface area contributed by atoms with Crippen LogP contribution < -0.4 is 5.73 Å². The second-order valence-electron chi connectivity index (χ2n) is 3.30. The number of aromatic nitrogens is 2. The maximum absolute atomic E-state index is 5.84. The first kappa shape index (κ1) is 11.1. The average Bonchev–Trinajstić information content (AvgIpc) is 2.19. The van der Waals surface area contributed by atoms with E-state index in [-0.39, 0.29) is 6.04 Å². The van der Waals surface area contributed by atoms with Crippen LogP contribution in [0.5, 0.6) is 0 Å². The lowest BCUT2D eigenvalue weighted by Gasteiger charge is -2.10. The molecule has 0 bridgehead atoms. The largest absolute Gasteiger partial charge is 0.379 e. The first-order chi connectivity index (χ1) is 6.74. The number of nitrogens with two attached hydrogens (primary N) is 1. The first-order valence-corrected chi connectivity index (χ1v) is 4.86. The Bertz CT molecular complexity index is 261. The van der Waals surface area contributed by atoms with E-state index in [0.29, 0.717) is 12.4 Å². The molecule has 0 saturated carbocycles. The van der Waals surface area contributed by atoms with Crippen molar-refractivity contribution in [3.63, 3.8) is 0 Å². The second kappa shape index (κ2) is 5.67. The van der Waals surface area contributed by atoms with Gasteiger partial charge in [0.15, 0.2) is 0 Å². The van der Waals surface area contributed by atoms with Crippen LogP contribution in [-0.4, -0.2) is 23.2 Å². The highest BCUT2D eigenvalue weighted by atomic mass is 16.5. The van der Waals surface area contributed by atoms with Gasteiger partial charge < -0.3 is 10.5 Å². The molecule has 1 aromatic rings. The van der Waals surface area contributed by atoms with Crippen LogP contribution in [-0.2, 0) is 4.74 Å². The van der Waals surface area contributed by atoms with Crippen molar-refractivity contribution in [3.05, 3.63) is 23.8 Å². The van der Waals surface area contributed by atoms with Crippen molar-refractivity contribution in [1.29, 1.82) is 0 Å². The third-order valence-electron chi connectivity index (χ3n) is 1.78. The van der Waals surface area contributed by atoms with E-state index >= 15 is 0 Å². The van der Waals surface area contributed by atoms with E-state index in [4.69, 9.17) is 10.5 Å². The van der Waals surface area contributed by atoms with E-state index in [1.807, 2.05) is 6.92 Å². The Labute approximate surface area is 84.5 Å². The standard InChI is InChI=1S/C10H17N3O/c1-3-4-14-7-9(11)10-12-5-8(2)6-13-10/h5-6,9H,3-4,7,11H2,1-2H3. The van der Waals surface area contributed by atoms with Crippen LogP contribution in [0, 0.1) is 6.92 Å². The van der Waals surface area contributed by atoms with Gasteiger partial charge in [-0.25, -0.2) is 9.97 Å². The van der Waals surface area contributed by atoms with E-state index in [1.54, 1.807) is 12.4 Å². The minimum Gasteiger partial charge on any atom is -0.379 e. The summed E-state index contributed by atoms with van der Waals surface area (Å²) >= 11 is 0. The lowest BCUT2D eigenvalue weighted by Crippen LogP contribution is -2.20. The number of hydrogen-bond donors (Lipinski definition) is 1. The molecule has 1 unspecified atom stereocenters. The topological polar surface area (TPSA) is 61.0 Å². The highest BCUT2D eigenvalue weighted by molar-refractivity contribution is 5.04. The van der Waals surface area contributed by atoms with Crippen molar-refractivity contribution in [2.24, 2.45) is 5.73 Å². The van der Waals surface area contributed by atoms with Gasteiger partial charge in [-0.05, 0) is 18.9 Å². The summed E-state index contributed by atoms with van der Waals surface area (Å²) in [6.45, 7) is 5.23. The van der Waals surface area contributed by atoms with Crippen molar-refractivity contribution in [2.75, 3.05) is 13.2 Å². The highest BCUT2D eigenvalue weighted by Gasteiger charge is 2.08. The van der Waals surface area contributed by atoms with E-state index < -0.39 is 0 Å². The Morgan fingerprint density at radius 1 is 1.43 bits per heavy atom. The van der Waals surface area contributed by atoms with Crippen LogP contribution in [0.4, 0.5) is 0 Å². The van der Waals surface area contributed by atoms with Gasteiger partial charge in [0.1, 0.15) is 5.82 Å².